The summed E-state index contributed by atoms with van der Waals surface area (Å²) < 4.78 is 36.5. The van der Waals surface area contributed by atoms with Crippen LogP contribution in [0, 0.1) is 0 Å². The van der Waals surface area contributed by atoms with Crippen molar-refractivity contribution >= 4 is 34.4 Å². The number of hydrogen-bond donors (Lipinski definition) is 1. The molecule has 0 radical (unpaired) electrons. The lowest BCUT2D eigenvalue weighted by Gasteiger charge is -2.31. The van der Waals surface area contributed by atoms with Gasteiger partial charge in [0.2, 0.25) is 10.0 Å². The lowest BCUT2D eigenvalue weighted by Crippen LogP contribution is -2.51. The van der Waals surface area contributed by atoms with E-state index in [4.69, 9.17) is 0 Å². The number of methoxy groups -OCH3 is 2. The Morgan fingerprint density at radius 2 is 1.84 bits per heavy atom. The molecule has 1 fully saturated rings. The Morgan fingerprint density at radius 1 is 1.20 bits per heavy atom. The van der Waals surface area contributed by atoms with Crippen LogP contribution in [-0.2, 0) is 19.5 Å². The van der Waals surface area contributed by atoms with Crippen LogP contribution in [0.3, 0.4) is 0 Å². The molecule has 1 unspecified atom stereocenters. The largest absolute Gasteiger partial charge is 0.465 e. The molecule has 2 rings (SSSR count). The molecule has 1 N–H and O–H groups in total. The summed E-state index contributed by atoms with van der Waals surface area (Å²) in [6.07, 6.45) is 0. The second-order valence-corrected chi connectivity index (χ2v) is 7.32. The Balaban J connectivity index is 0.00000312. The molecule has 0 amide bonds. The summed E-state index contributed by atoms with van der Waals surface area (Å²) in [6.45, 7) is 2.92. The predicted octanol–water partition coefficient (Wildman–Crippen LogP) is 0.664. The van der Waals surface area contributed by atoms with E-state index in [0.717, 1.165) is 6.07 Å². The molecule has 8 nitrogen and oxygen atoms in total. The number of piperazine rings is 1. The first-order valence-corrected chi connectivity index (χ1v) is 8.79. The van der Waals surface area contributed by atoms with E-state index in [2.05, 4.69) is 14.8 Å². The highest BCUT2D eigenvalue weighted by atomic mass is 35.5. The number of esters is 2. The van der Waals surface area contributed by atoms with Crippen molar-refractivity contribution in [2.45, 2.75) is 17.9 Å². The van der Waals surface area contributed by atoms with Gasteiger partial charge in [-0.05, 0) is 25.1 Å². The van der Waals surface area contributed by atoms with Crippen LogP contribution in [0.2, 0.25) is 0 Å². The van der Waals surface area contributed by atoms with Gasteiger partial charge in [-0.2, -0.15) is 4.31 Å². The molecule has 25 heavy (non-hydrogen) atoms. The number of halogens is 1. The Hall–Kier alpha value is -1.68. The van der Waals surface area contributed by atoms with Crippen LogP contribution in [0.5, 0.6) is 0 Å². The number of sulfonamides is 1. The summed E-state index contributed by atoms with van der Waals surface area (Å²) in [5.41, 5.74) is -0.0664. The number of rotatable bonds is 4. The fourth-order valence-corrected chi connectivity index (χ4v) is 4.25. The molecule has 1 aliphatic rings. The third kappa shape index (κ3) is 4.49. The first-order valence-electron chi connectivity index (χ1n) is 7.35. The fraction of sp³-hybridized carbons (Fsp3) is 0.467. The van der Waals surface area contributed by atoms with Gasteiger partial charge in [0, 0.05) is 25.7 Å². The molecule has 1 heterocycles. The highest BCUT2D eigenvalue weighted by Gasteiger charge is 2.32. The summed E-state index contributed by atoms with van der Waals surface area (Å²) in [5.74, 6) is -1.47. The topological polar surface area (TPSA) is 102 Å². The molecular weight excluding hydrogens is 372 g/mol. The van der Waals surface area contributed by atoms with E-state index in [9.17, 15) is 18.0 Å². The van der Waals surface area contributed by atoms with Crippen molar-refractivity contribution in [3.8, 4) is 0 Å². The molecule has 140 valence electrons. The molecule has 1 aromatic carbocycles. The summed E-state index contributed by atoms with van der Waals surface area (Å²) >= 11 is 0. The minimum Gasteiger partial charge on any atom is -0.465 e. The Morgan fingerprint density at radius 3 is 2.40 bits per heavy atom. The Kier molecular flexibility index (Phi) is 7.36. The van der Waals surface area contributed by atoms with Crippen LogP contribution in [0.15, 0.2) is 23.1 Å². The molecule has 0 aliphatic carbocycles. The fourth-order valence-electron chi connectivity index (χ4n) is 2.51. The van der Waals surface area contributed by atoms with E-state index < -0.39 is 22.0 Å². The van der Waals surface area contributed by atoms with Crippen LogP contribution in [0.25, 0.3) is 0 Å². The number of hydrogen-bond acceptors (Lipinski definition) is 7. The first-order chi connectivity index (χ1) is 11.3. The average molecular weight is 393 g/mol. The average Bonchev–Trinajstić information content (AvgIpc) is 2.59. The van der Waals surface area contributed by atoms with Crippen LogP contribution in [0.1, 0.15) is 27.6 Å². The third-order valence-electron chi connectivity index (χ3n) is 3.76. The van der Waals surface area contributed by atoms with E-state index in [0.29, 0.717) is 6.54 Å². The van der Waals surface area contributed by atoms with Gasteiger partial charge < -0.3 is 14.8 Å². The van der Waals surface area contributed by atoms with E-state index in [1.54, 1.807) is 0 Å². The molecule has 1 aromatic rings. The first kappa shape index (κ1) is 21.4. The smallest absolute Gasteiger partial charge is 0.339 e. The standard InChI is InChI=1S/C15H20N2O6S.ClH/c1-10-9-17(7-6-16-10)24(20,21)13-8-11(14(18)22-2)4-5-12(13)15(19)23-3;/h4-5,8,10,16H,6-7,9H2,1-3H3;1H. The molecule has 1 aliphatic heterocycles. The highest BCUT2D eigenvalue weighted by Crippen LogP contribution is 2.24. The van der Waals surface area contributed by atoms with Gasteiger partial charge in [-0.3, -0.25) is 0 Å². The second kappa shape index (κ2) is 8.61. The number of nitrogens with one attached hydrogen (secondary N) is 1. The summed E-state index contributed by atoms with van der Waals surface area (Å²) in [4.78, 5) is 23.4. The second-order valence-electron chi connectivity index (χ2n) is 5.41. The molecule has 0 saturated carbocycles. The quantitative estimate of drug-likeness (QED) is 0.751. The van der Waals surface area contributed by atoms with E-state index in [1.807, 2.05) is 6.92 Å². The number of carbonyl (C=O) groups excluding carboxylic acids is 2. The number of benzene rings is 1. The minimum absolute atomic E-state index is 0. The highest BCUT2D eigenvalue weighted by molar-refractivity contribution is 7.89. The normalized spacial score (nSPS) is 18.1. The number of nitrogens with zero attached hydrogens (tertiary/aromatic N) is 1. The molecule has 1 atom stereocenters. The third-order valence-corrected chi connectivity index (χ3v) is 5.66. The van der Waals surface area contributed by atoms with Gasteiger partial charge in [-0.1, -0.05) is 0 Å². The van der Waals surface area contributed by atoms with Crippen molar-refractivity contribution in [2.75, 3.05) is 33.9 Å². The van der Waals surface area contributed by atoms with Crippen LogP contribution >= 0.6 is 12.4 Å². The zero-order valence-electron chi connectivity index (χ0n) is 14.1. The predicted molar refractivity (Wildman–Crippen MR) is 92.6 cm³/mol. The number of carbonyl (C=O) groups is 2. The van der Waals surface area contributed by atoms with Gasteiger partial charge in [0.05, 0.1) is 30.2 Å². The van der Waals surface area contributed by atoms with E-state index >= 15 is 0 Å². The zero-order valence-corrected chi connectivity index (χ0v) is 15.8. The lowest BCUT2D eigenvalue weighted by molar-refractivity contribution is 0.0583. The van der Waals surface area contributed by atoms with Crippen molar-refractivity contribution in [3.63, 3.8) is 0 Å². The van der Waals surface area contributed by atoms with Gasteiger partial charge >= 0.3 is 11.9 Å². The van der Waals surface area contributed by atoms with Gasteiger partial charge in [0.25, 0.3) is 0 Å². The van der Waals surface area contributed by atoms with Crippen LogP contribution < -0.4 is 5.32 Å². The summed E-state index contributed by atoms with van der Waals surface area (Å²) in [7, 11) is -1.60. The van der Waals surface area contributed by atoms with E-state index in [-0.39, 0.29) is 47.6 Å². The van der Waals surface area contributed by atoms with Crippen molar-refractivity contribution in [1.29, 1.82) is 0 Å². The minimum atomic E-state index is -3.96. The maximum atomic E-state index is 13.0. The molecular formula is C15H21ClN2O6S. The molecule has 1 saturated heterocycles. The monoisotopic (exact) mass is 392 g/mol. The molecule has 0 aromatic heterocycles. The maximum absolute atomic E-state index is 13.0. The Bertz CT molecular complexity index is 752. The SMILES string of the molecule is COC(=O)c1ccc(C(=O)OC)c(S(=O)(=O)N2CCNC(C)C2)c1.Cl. The van der Waals surface area contributed by atoms with Crippen molar-refractivity contribution in [2.24, 2.45) is 0 Å². The Labute approximate surface area is 152 Å². The van der Waals surface area contributed by atoms with Crippen molar-refractivity contribution in [3.05, 3.63) is 29.3 Å². The van der Waals surface area contributed by atoms with Gasteiger partial charge in [-0.15, -0.1) is 12.4 Å². The molecule has 10 heteroatoms. The van der Waals surface area contributed by atoms with Crippen molar-refractivity contribution < 1.29 is 27.5 Å². The van der Waals surface area contributed by atoms with Gasteiger partial charge in [0.1, 0.15) is 0 Å². The van der Waals surface area contributed by atoms with E-state index in [1.165, 1.54) is 30.7 Å². The van der Waals surface area contributed by atoms with Gasteiger partial charge in [-0.25, -0.2) is 18.0 Å². The summed E-state index contributed by atoms with van der Waals surface area (Å²) in [6, 6.07) is 3.73. The van der Waals surface area contributed by atoms with Crippen LogP contribution in [0.4, 0.5) is 0 Å². The number of ether oxygens (including phenoxy) is 2. The molecule has 0 bridgehead atoms. The van der Waals surface area contributed by atoms with Gasteiger partial charge in [0.15, 0.2) is 0 Å². The summed E-state index contributed by atoms with van der Waals surface area (Å²) in [5, 5.41) is 3.15. The maximum Gasteiger partial charge on any atom is 0.339 e. The van der Waals surface area contributed by atoms with Crippen molar-refractivity contribution in [1.82, 2.24) is 9.62 Å². The lowest BCUT2D eigenvalue weighted by atomic mass is 10.1. The molecule has 0 spiro atoms. The van der Waals surface area contributed by atoms with Crippen LogP contribution in [-0.4, -0.2) is 64.6 Å². The zero-order chi connectivity index (χ0) is 17.9.